The molecule has 112 valence electrons. The third kappa shape index (κ3) is 4.45. The summed E-state index contributed by atoms with van der Waals surface area (Å²) in [5, 5.41) is 2.85. The summed E-state index contributed by atoms with van der Waals surface area (Å²) in [4.78, 5) is 25.7. The van der Waals surface area contributed by atoms with Crippen molar-refractivity contribution in [3.05, 3.63) is 42.0 Å². The molecule has 1 aromatic carbocycles. The van der Waals surface area contributed by atoms with Gasteiger partial charge in [0.25, 0.3) is 0 Å². The van der Waals surface area contributed by atoms with E-state index < -0.39 is 0 Å². The van der Waals surface area contributed by atoms with Crippen LogP contribution in [0.5, 0.6) is 0 Å². The third-order valence-corrected chi connectivity index (χ3v) is 3.75. The average molecular weight is 286 g/mol. The molecule has 1 saturated heterocycles. The van der Waals surface area contributed by atoms with Crippen LogP contribution >= 0.6 is 0 Å². The molecule has 1 heterocycles. The summed E-state index contributed by atoms with van der Waals surface area (Å²) in [6.45, 7) is 3.89. The van der Waals surface area contributed by atoms with Crippen molar-refractivity contribution in [2.24, 2.45) is 5.92 Å². The van der Waals surface area contributed by atoms with E-state index in [4.69, 9.17) is 0 Å². The van der Waals surface area contributed by atoms with Crippen molar-refractivity contribution in [3.63, 3.8) is 0 Å². The Morgan fingerprint density at radius 1 is 1.24 bits per heavy atom. The first-order valence-electron chi connectivity index (χ1n) is 7.50. The van der Waals surface area contributed by atoms with Crippen LogP contribution in [0.15, 0.2) is 36.4 Å². The van der Waals surface area contributed by atoms with Gasteiger partial charge in [0.05, 0.1) is 0 Å². The number of piperidine rings is 1. The van der Waals surface area contributed by atoms with Crippen LogP contribution < -0.4 is 5.32 Å². The summed E-state index contributed by atoms with van der Waals surface area (Å²) in [7, 11) is 0. The maximum Gasteiger partial charge on any atom is 0.246 e. The highest BCUT2D eigenvalue weighted by molar-refractivity contribution is 5.92. The highest BCUT2D eigenvalue weighted by atomic mass is 16.2. The van der Waals surface area contributed by atoms with E-state index in [1.807, 2.05) is 48.2 Å². The molecule has 2 rings (SSSR count). The number of nitrogens with one attached hydrogen (secondary N) is 1. The van der Waals surface area contributed by atoms with Crippen LogP contribution in [-0.2, 0) is 9.59 Å². The van der Waals surface area contributed by atoms with Gasteiger partial charge in [0.2, 0.25) is 11.8 Å². The normalized spacial score (nSPS) is 16.1. The summed E-state index contributed by atoms with van der Waals surface area (Å²) in [6, 6.07) is 9.77. The van der Waals surface area contributed by atoms with Gasteiger partial charge < -0.3 is 10.2 Å². The molecule has 1 N–H and O–H groups in total. The smallest absolute Gasteiger partial charge is 0.246 e. The Morgan fingerprint density at radius 2 is 1.90 bits per heavy atom. The molecular weight excluding hydrogens is 264 g/mol. The molecule has 2 amide bonds. The second-order valence-corrected chi connectivity index (χ2v) is 5.24. The number of benzene rings is 1. The van der Waals surface area contributed by atoms with Crippen LogP contribution in [0, 0.1) is 5.92 Å². The molecule has 0 unspecified atom stereocenters. The van der Waals surface area contributed by atoms with Crippen LogP contribution in [0.1, 0.15) is 25.3 Å². The molecule has 1 aliphatic rings. The van der Waals surface area contributed by atoms with E-state index in [1.165, 1.54) is 0 Å². The van der Waals surface area contributed by atoms with E-state index in [-0.39, 0.29) is 17.7 Å². The van der Waals surface area contributed by atoms with Gasteiger partial charge in [-0.2, -0.15) is 0 Å². The lowest BCUT2D eigenvalue weighted by molar-refractivity contribution is -0.132. The molecule has 0 saturated carbocycles. The fraction of sp³-hybridized carbons (Fsp3) is 0.412. The van der Waals surface area contributed by atoms with Gasteiger partial charge in [0.1, 0.15) is 0 Å². The van der Waals surface area contributed by atoms with Gasteiger partial charge in [-0.15, -0.1) is 0 Å². The molecule has 0 spiro atoms. The van der Waals surface area contributed by atoms with Crippen LogP contribution in [-0.4, -0.2) is 36.3 Å². The Hall–Kier alpha value is -2.10. The summed E-state index contributed by atoms with van der Waals surface area (Å²) >= 11 is 0. The number of hydrogen-bond acceptors (Lipinski definition) is 2. The number of rotatable bonds is 4. The van der Waals surface area contributed by atoms with E-state index in [0.717, 1.165) is 18.4 Å². The van der Waals surface area contributed by atoms with E-state index in [0.29, 0.717) is 19.6 Å². The van der Waals surface area contributed by atoms with Gasteiger partial charge in [-0.05, 0) is 31.4 Å². The molecule has 21 heavy (non-hydrogen) atoms. The lowest BCUT2D eigenvalue weighted by atomic mass is 9.96. The minimum absolute atomic E-state index is 0.0215. The van der Waals surface area contributed by atoms with Gasteiger partial charge in [-0.25, -0.2) is 0 Å². The first-order chi connectivity index (χ1) is 10.2. The molecule has 0 radical (unpaired) electrons. The Labute approximate surface area is 125 Å². The fourth-order valence-electron chi connectivity index (χ4n) is 2.52. The van der Waals surface area contributed by atoms with Gasteiger partial charge >= 0.3 is 0 Å². The standard InChI is InChI=1S/C17H22N2O2/c1-2-18-17(21)15-10-12-19(13-11-15)16(20)9-8-14-6-4-3-5-7-14/h3-9,15H,2,10-13H2,1H3,(H,18,21)/b9-8+. The van der Waals surface area contributed by atoms with Gasteiger partial charge in [-0.1, -0.05) is 30.3 Å². The Kier molecular flexibility index (Phi) is 5.55. The Morgan fingerprint density at radius 3 is 2.52 bits per heavy atom. The molecule has 0 aromatic heterocycles. The predicted molar refractivity (Wildman–Crippen MR) is 83.5 cm³/mol. The zero-order valence-corrected chi connectivity index (χ0v) is 12.4. The first kappa shape index (κ1) is 15.3. The summed E-state index contributed by atoms with van der Waals surface area (Å²) in [5.41, 5.74) is 1.02. The van der Waals surface area contributed by atoms with E-state index in [1.54, 1.807) is 6.08 Å². The maximum absolute atomic E-state index is 12.1. The Balaban J connectivity index is 1.83. The number of likely N-dealkylation sites (tertiary alicyclic amines) is 1. The van der Waals surface area contributed by atoms with Gasteiger partial charge in [-0.3, -0.25) is 9.59 Å². The summed E-state index contributed by atoms with van der Waals surface area (Å²) < 4.78 is 0. The third-order valence-electron chi connectivity index (χ3n) is 3.75. The van der Waals surface area contributed by atoms with Crippen LogP contribution in [0.4, 0.5) is 0 Å². The van der Waals surface area contributed by atoms with E-state index >= 15 is 0 Å². The molecule has 4 heteroatoms. The molecule has 1 fully saturated rings. The quantitative estimate of drug-likeness (QED) is 0.862. The van der Waals surface area contributed by atoms with Crippen molar-refractivity contribution in [2.45, 2.75) is 19.8 Å². The van der Waals surface area contributed by atoms with Crippen molar-refractivity contribution in [3.8, 4) is 0 Å². The number of carbonyl (C=O) groups is 2. The van der Waals surface area contributed by atoms with Gasteiger partial charge in [0.15, 0.2) is 0 Å². The van der Waals surface area contributed by atoms with E-state index in [9.17, 15) is 9.59 Å². The number of carbonyl (C=O) groups excluding carboxylic acids is 2. The molecule has 1 aliphatic heterocycles. The van der Waals surface area contributed by atoms with Crippen LogP contribution in [0.25, 0.3) is 6.08 Å². The summed E-state index contributed by atoms with van der Waals surface area (Å²) in [5.74, 6) is 0.185. The first-order valence-corrected chi connectivity index (χ1v) is 7.50. The zero-order chi connectivity index (χ0) is 15.1. The fourth-order valence-corrected chi connectivity index (χ4v) is 2.52. The summed E-state index contributed by atoms with van der Waals surface area (Å²) in [6.07, 6.45) is 4.94. The molecule has 0 aliphatic carbocycles. The number of hydrogen-bond donors (Lipinski definition) is 1. The second-order valence-electron chi connectivity index (χ2n) is 5.24. The molecule has 4 nitrogen and oxygen atoms in total. The zero-order valence-electron chi connectivity index (χ0n) is 12.4. The lowest BCUT2D eigenvalue weighted by Crippen LogP contribution is -2.42. The van der Waals surface area contributed by atoms with Crippen molar-refractivity contribution in [1.29, 1.82) is 0 Å². The highest BCUT2D eigenvalue weighted by Crippen LogP contribution is 2.17. The van der Waals surface area contributed by atoms with E-state index in [2.05, 4.69) is 5.32 Å². The SMILES string of the molecule is CCNC(=O)C1CCN(C(=O)/C=C/c2ccccc2)CC1. The van der Waals surface area contributed by atoms with Crippen molar-refractivity contribution in [2.75, 3.05) is 19.6 Å². The highest BCUT2D eigenvalue weighted by Gasteiger charge is 2.25. The van der Waals surface area contributed by atoms with Crippen LogP contribution in [0.3, 0.4) is 0 Å². The lowest BCUT2D eigenvalue weighted by Gasteiger charge is -2.30. The van der Waals surface area contributed by atoms with Gasteiger partial charge in [0, 0.05) is 31.6 Å². The van der Waals surface area contributed by atoms with Crippen LogP contribution in [0.2, 0.25) is 0 Å². The molecule has 0 atom stereocenters. The number of nitrogens with zero attached hydrogens (tertiary/aromatic N) is 1. The van der Waals surface area contributed by atoms with Crippen molar-refractivity contribution >= 4 is 17.9 Å². The van der Waals surface area contributed by atoms with Crippen molar-refractivity contribution < 1.29 is 9.59 Å². The number of amides is 2. The monoisotopic (exact) mass is 286 g/mol. The predicted octanol–water partition coefficient (Wildman–Crippen LogP) is 2.07. The topological polar surface area (TPSA) is 49.4 Å². The maximum atomic E-state index is 12.1. The van der Waals surface area contributed by atoms with Crippen molar-refractivity contribution in [1.82, 2.24) is 10.2 Å². The molecule has 1 aromatic rings. The molecule has 0 bridgehead atoms. The minimum Gasteiger partial charge on any atom is -0.356 e. The minimum atomic E-state index is 0.0215. The largest absolute Gasteiger partial charge is 0.356 e. The molecular formula is C17H22N2O2. The second kappa shape index (κ2) is 7.62. The average Bonchev–Trinajstić information content (AvgIpc) is 2.54. The Bertz CT molecular complexity index is 503.